The normalized spacial score (nSPS) is 29.0. The zero-order valence-corrected chi connectivity index (χ0v) is 6.33. The molecule has 0 bridgehead atoms. The summed E-state index contributed by atoms with van der Waals surface area (Å²) in [6.07, 6.45) is 1.88. The van der Waals surface area contributed by atoms with Gasteiger partial charge in [0.15, 0.2) is 0 Å². The van der Waals surface area contributed by atoms with Gasteiger partial charge >= 0.3 is 0 Å². The van der Waals surface area contributed by atoms with Crippen LogP contribution in [0.3, 0.4) is 0 Å². The highest BCUT2D eigenvalue weighted by molar-refractivity contribution is 5.38. The molecule has 2 atom stereocenters. The molecule has 0 amide bonds. The number of pyridine rings is 1. The van der Waals surface area contributed by atoms with Crippen LogP contribution < -0.4 is 0 Å². The minimum atomic E-state index is 0.677. The Balaban J connectivity index is 2.50. The summed E-state index contributed by atoms with van der Waals surface area (Å²) in [7, 11) is 0. The van der Waals surface area contributed by atoms with E-state index < -0.39 is 0 Å². The van der Waals surface area contributed by atoms with E-state index in [0.29, 0.717) is 5.92 Å². The summed E-state index contributed by atoms with van der Waals surface area (Å²) in [6.45, 7) is 4.49. The quantitative estimate of drug-likeness (QED) is 0.529. The predicted octanol–water partition coefficient (Wildman–Crippen LogP) is 2.30. The largest absolute Gasteiger partial charge is 0.261 e. The zero-order valence-electron chi connectivity index (χ0n) is 6.33. The SMILES string of the molecule is CC1c2cccnc2C1C. The van der Waals surface area contributed by atoms with Crippen LogP contribution in [0, 0.1) is 0 Å². The fraction of sp³-hybridized carbons (Fsp3) is 0.444. The highest BCUT2D eigenvalue weighted by Crippen LogP contribution is 2.43. The van der Waals surface area contributed by atoms with E-state index in [1.165, 1.54) is 11.3 Å². The van der Waals surface area contributed by atoms with E-state index in [0.717, 1.165) is 5.92 Å². The second-order valence-corrected chi connectivity index (χ2v) is 3.06. The molecule has 0 aromatic carbocycles. The molecular weight excluding hydrogens is 122 g/mol. The van der Waals surface area contributed by atoms with Gasteiger partial charge in [0.05, 0.1) is 0 Å². The second-order valence-electron chi connectivity index (χ2n) is 3.06. The summed E-state index contributed by atoms with van der Waals surface area (Å²) in [4.78, 5) is 4.30. The van der Waals surface area contributed by atoms with E-state index in [1.807, 2.05) is 12.3 Å². The van der Waals surface area contributed by atoms with Crippen molar-refractivity contribution in [3.8, 4) is 0 Å². The van der Waals surface area contributed by atoms with Gasteiger partial charge in [0.2, 0.25) is 0 Å². The first-order valence-electron chi connectivity index (χ1n) is 3.75. The minimum absolute atomic E-state index is 0.677. The maximum Gasteiger partial charge on any atom is 0.0472 e. The van der Waals surface area contributed by atoms with Crippen LogP contribution in [0.1, 0.15) is 36.9 Å². The molecule has 0 aliphatic heterocycles. The zero-order chi connectivity index (χ0) is 7.14. The van der Waals surface area contributed by atoms with E-state index in [9.17, 15) is 0 Å². The molecule has 52 valence electrons. The van der Waals surface area contributed by atoms with Crippen molar-refractivity contribution < 1.29 is 0 Å². The summed E-state index contributed by atoms with van der Waals surface area (Å²) in [6, 6.07) is 4.19. The highest BCUT2D eigenvalue weighted by Gasteiger charge is 2.30. The highest BCUT2D eigenvalue weighted by atomic mass is 14.7. The molecule has 1 aliphatic carbocycles. The fourth-order valence-electron chi connectivity index (χ4n) is 1.61. The summed E-state index contributed by atoms with van der Waals surface area (Å²) >= 11 is 0. The van der Waals surface area contributed by atoms with E-state index in [1.54, 1.807) is 0 Å². The van der Waals surface area contributed by atoms with Crippen LogP contribution in [0.5, 0.6) is 0 Å². The van der Waals surface area contributed by atoms with Crippen LogP contribution in [0.4, 0.5) is 0 Å². The summed E-state index contributed by atoms with van der Waals surface area (Å²) in [5.74, 6) is 1.40. The summed E-state index contributed by atoms with van der Waals surface area (Å²) in [5.41, 5.74) is 2.74. The van der Waals surface area contributed by atoms with Crippen molar-refractivity contribution in [2.75, 3.05) is 0 Å². The standard InChI is InChI=1S/C9H11N/c1-6-7(2)9-8(6)4-3-5-10-9/h3-7H,1-2H3. The molecule has 0 saturated carbocycles. The second kappa shape index (κ2) is 1.82. The number of hydrogen-bond acceptors (Lipinski definition) is 1. The topological polar surface area (TPSA) is 12.9 Å². The average molecular weight is 133 g/mol. The van der Waals surface area contributed by atoms with Crippen molar-refractivity contribution in [1.29, 1.82) is 0 Å². The fourth-order valence-corrected chi connectivity index (χ4v) is 1.61. The first-order chi connectivity index (χ1) is 4.80. The van der Waals surface area contributed by atoms with E-state index in [4.69, 9.17) is 0 Å². The van der Waals surface area contributed by atoms with Gasteiger partial charge in [-0.2, -0.15) is 0 Å². The third kappa shape index (κ3) is 0.551. The monoisotopic (exact) mass is 133 g/mol. The Morgan fingerprint density at radius 1 is 1.30 bits per heavy atom. The number of hydrogen-bond donors (Lipinski definition) is 0. The molecule has 2 unspecified atom stereocenters. The first kappa shape index (κ1) is 5.90. The lowest BCUT2D eigenvalue weighted by Crippen LogP contribution is -2.20. The Labute approximate surface area is 61.1 Å². The van der Waals surface area contributed by atoms with Crippen molar-refractivity contribution in [2.24, 2.45) is 0 Å². The van der Waals surface area contributed by atoms with Crippen LogP contribution in [0.15, 0.2) is 18.3 Å². The van der Waals surface area contributed by atoms with Crippen molar-refractivity contribution in [3.05, 3.63) is 29.6 Å². The van der Waals surface area contributed by atoms with Crippen molar-refractivity contribution in [3.63, 3.8) is 0 Å². The Hall–Kier alpha value is -0.850. The average Bonchev–Trinajstić information content (AvgIpc) is 2.03. The number of nitrogens with zero attached hydrogens (tertiary/aromatic N) is 1. The lowest BCUT2D eigenvalue weighted by Gasteiger charge is -2.32. The molecule has 0 fully saturated rings. The molecule has 10 heavy (non-hydrogen) atoms. The van der Waals surface area contributed by atoms with Gasteiger partial charge in [0.1, 0.15) is 0 Å². The van der Waals surface area contributed by atoms with Crippen LogP contribution in [-0.4, -0.2) is 4.98 Å². The molecule has 0 saturated heterocycles. The van der Waals surface area contributed by atoms with Gasteiger partial charge in [-0.3, -0.25) is 4.98 Å². The van der Waals surface area contributed by atoms with Crippen molar-refractivity contribution >= 4 is 0 Å². The van der Waals surface area contributed by atoms with E-state index in [2.05, 4.69) is 24.9 Å². The van der Waals surface area contributed by atoms with Crippen molar-refractivity contribution in [1.82, 2.24) is 4.98 Å². The first-order valence-corrected chi connectivity index (χ1v) is 3.75. The third-order valence-corrected chi connectivity index (χ3v) is 2.54. The van der Waals surface area contributed by atoms with Gasteiger partial charge in [-0.15, -0.1) is 0 Å². The van der Waals surface area contributed by atoms with Gasteiger partial charge in [-0.25, -0.2) is 0 Å². The van der Waals surface area contributed by atoms with Gasteiger partial charge in [-0.1, -0.05) is 19.9 Å². The van der Waals surface area contributed by atoms with Crippen LogP contribution in [0.25, 0.3) is 0 Å². The maximum atomic E-state index is 4.30. The predicted molar refractivity (Wildman–Crippen MR) is 41.1 cm³/mol. The molecule has 1 nitrogen and oxygen atoms in total. The lowest BCUT2D eigenvalue weighted by molar-refractivity contribution is 0.521. The van der Waals surface area contributed by atoms with Crippen LogP contribution in [-0.2, 0) is 0 Å². The smallest absolute Gasteiger partial charge is 0.0472 e. The Morgan fingerprint density at radius 2 is 2.10 bits per heavy atom. The Bertz CT molecular complexity index is 228. The lowest BCUT2D eigenvalue weighted by atomic mass is 9.73. The van der Waals surface area contributed by atoms with Crippen molar-refractivity contribution in [2.45, 2.75) is 25.7 Å². The van der Waals surface area contributed by atoms with Gasteiger partial charge in [0.25, 0.3) is 0 Å². The molecule has 0 spiro atoms. The Kier molecular flexibility index (Phi) is 1.07. The van der Waals surface area contributed by atoms with Gasteiger partial charge in [-0.05, 0) is 17.5 Å². The molecule has 0 N–H and O–H groups in total. The molecule has 1 aromatic heterocycles. The molecule has 2 rings (SSSR count). The summed E-state index contributed by atoms with van der Waals surface area (Å²) in [5, 5.41) is 0. The molecular formula is C9H11N. The van der Waals surface area contributed by atoms with E-state index >= 15 is 0 Å². The molecule has 1 aliphatic rings. The van der Waals surface area contributed by atoms with Gasteiger partial charge < -0.3 is 0 Å². The van der Waals surface area contributed by atoms with Crippen LogP contribution in [0.2, 0.25) is 0 Å². The summed E-state index contributed by atoms with van der Waals surface area (Å²) < 4.78 is 0. The minimum Gasteiger partial charge on any atom is -0.261 e. The third-order valence-electron chi connectivity index (χ3n) is 2.54. The van der Waals surface area contributed by atoms with Crippen LogP contribution >= 0.6 is 0 Å². The van der Waals surface area contributed by atoms with Gasteiger partial charge in [0, 0.05) is 17.8 Å². The number of rotatable bonds is 0. The number of fused-ring (bicyclic) bond motifs is 1. The number of aromatic nitrogens is 1. The molecule has 1 aromatic rings. The molecule has 1 heteroatoms. The van der Waals surface area contributed by atoms with E-state index in [-0.39, 0.29) is 0 Å². The molecule has 0 radical (unpaired) electrons. The molecule has 1 heterocycles. The maximum absolute atomic E-state index is 4.30. The Morgan fingerprint density at radius 3 is 2.80 bits per heavy atom.